The summed E-state index contributed by atoms with van der Waals surface area (Å²) in [5.41, 5.74) is 2.90. The first kappa shape index (κ1) is 10.7. The molecule has 15 heavy (non-hydrogen) atoms. The molecule has 2 rings (SSSR count). The lowest BCUT2D eigenvalue weighted by atomic mass is 9.85. The molecule has 1 aliphatic carbocycles. The van der Waals surface area contributed by atoms with Gasteiger partial charge in [-0.05, 0) is 56.3 Å². The van der Waals surface area contributed by atoms with Gasteiger partial charge in [0.1, 0.15) is 0 Å². The number of hydrogen-bond donors (Lipinski definition) is 1. The first-order valence-electron chi connectivity index (χ1n) is 6.11. The molecule has 1 heteroatoms. The van der Waals surface area contributed by atoms with Crippen LogP contribution in [0.15, 0.2) is 24.3 Å². The Labute approximate surface area is 92.9 Å². The zero-order valence-corrected chi connectivity index (χ0v) is 9.63. The van der Waals surface area contributed by atoms with Gasteiger partial charge in [0.05, 0.1) is 0 Å². The Morgan fingerprint density at radius 1 is 1.27 bits per heavy atom. The Morgan fingerprint density at radius 2 is 2.07 bits per heavy atom. The molecule has 1 saturated carbocycles. The van der Waals surface area contributed by atoms with Gasteiger partial charge in [-0.15, -0.1) is 0 Å². The summed E-state index contributed by atoms with van der Waals surface area (Å²) in [5, 5.41) is 3.56. The van der Waals surface area contributed by atoms with E-state index in [4.69, 9.17) is 0 Å². The monoisotopic (exact) mass is 203 g/mol. The summed E-state index contributed by atoms with van der Waals surface area (Å²) >= 11 is 0. The van der Waals surface area contributed by atoms with Crippen LogP contribution in [0.4, 0.5) is 0 Å². The molecule has 0 heterocycles. The summed E-state index contributed by atoms with van der Waals surface area (Å²) in [6.07, 6.45) is 5.50. The molecule has 1 nitrogen and oxygen atoms in total. The van der Waals surface area contributed by atoms with E-state index in [9.17, 15) is 0 Å². The van der Waals surface area contributed by atoms with Gasteiger partial charge in [-0.1, -0.05) is 30.7 Å². The number of rotatable bonds is 5. The third-order valence-electron chi connectivity index (χ3n) is 3.49. The average Bonchev–Trinajstić information content (AvgIpc) is 2.17. The predicted octanol–water partition coefficient (Wildman–Crippen LogP) is 2.93. The van der Waals surface area contributed by atoms with Crippen molar-refractivity contribution in [3.05, 3.63) is 35.4 Å². The molecule has 0 amide bonds. The summed E-state index contributed by atoms with van der Waals surface area (Å²) in [6.45, 7) is 4.55. The SMILES string of the molecule is Cc1ccccc1CCNCC1CCC1. The molecule has 1 aliphatic rings. The van der Waals surface area contributed by atoms with Crippen molar-refractivity contribution < 1.29 is 0 Å². The second-order valence-electron chi connectivity index (χ2n) is 4.68. The van der Waals surface area contributed by atoms with E-state index in [1.807, 2.05) is 0 Å². The Balaban J connectivity index is 1.66. The van der Waals surface area contributed by atoms with E-state index in [0.717, 1.165) is 12.5 Å². The van der Waals surface area contributed by atoms with Crippen LogP contribution < -0.4 is 5.32 Å². The van der Waals surface area contributed by atoms with Crippen molar-refractivity contribution in [1.29, 1.82) is 0 Å². The summed E-state index contributed by atoms with van der Waals surface area (Å²) in [6, 6.07) is 8.68. The zero-order valence-electron chi connectivity index (χ0n) is 9.63. The molecule has 1 aromatic rings. The fraction of sp³-hybridized carbons (Fsp3) is 0.571. The van der Waals surface area contributed by atoms with Crippen molar-refractivity contribution in [1.82, 2.24) is 5.32 Å². The Hall–Kier alpha value is -0.820. The molecular weight excluding hydrogens is 182 g/mol. The van der Waals surface area contributed by atoms with Crippen molar-refractivity contribution in [3.63, 3.8) is 0 Å². The van der Waals surface area contributed by atoms with Gasteiger partial charge in [0.25, 0.3) is 0 Å². The van der Waals surface area contributed by atoms with Gasteiger partial charge >= 0.3 is 0 Å². The fourth-order valence-corrected chi connectivity index (χ4v) is 2.12. The van der Waals surface area contributed by atoms with E-state index in [1.54, 1.807) is 0 Å². The molecule has 0 atom stereocenters. The van der Waals surface area contributed by atoms with E-state index in [1.165, 1.54) is 43.4 Å². The molecule has 0 aliphatic heterocycles. The molecule has 0 aromatic heterocycles. The summed E-state index contributed by atoms with van der Waals surface area (Å²) in [5.74, 6) is 0.974. The number of aryl methyl sites for hydroxylation is 1. The van der Waals surface area contributed by atoms with Crippen molar-refractivity contribution in [2.75, 3.05) is 13.1 Å². The fourth-order valence-electron chi connectivity index (χ4n) is 2.12. The number of nitrogens with one attached hydrogen (secondary N) is 1. The molecule has 0 saturated heterocycles. The molecule has 1 aromatic carbocycles. The molecule has 0 bridgehead atoms. The molecule has 1 N–H and O–H groups in total. The lowest BCUT2D eigenvalue weighted by Gasteiger charge is -2.25. The van der Waals surface area contributed by atoms with Gasteiger partial charge in [-0.25, -0.2) is 0 Å². The minimum Gasteiger partial charge on any atom is -0.316 e. The lowest BCUT2D eigenvalue weighted by Crippen LogP contribution is -2.28. The van der Waals surface area contributed by atoms with Gasteiger partial charge in [0.2, 0.25) is 0 Å². The molecule has 0 unspecified atom stereocenters. The van der Waals surface area contributed by atoms with E-state index in [-0.39, 0.29) is 0 Å². The largest absolute Gasteiger partial charge is 0.316 e. The number of benzene rings is 1. The van der Waals surface area contributed by atoms with Crippen LogP contribution in [0.3, 0.4) is 0 Å². The van der Waals surface area contributed by atoms with E-state index < -0.39 is 0 Å². The average molecular weight is 203 g/mol. The van der Waals surface area contributed by atoms with Crippen molar-refractivity contribution in [2.24, 2.45) is 5.92 Å². The van der Waals surface area contributed by atoms with Crippen LogP contribution in [0.2, 0.25) is 0 Å². The Morgan fingerprint density at radius 3 is 2.73 bits per heavy atom. The van der Waals surface area contributed by atoms with Crippen LogP contribution >= 0.6 is 0 Å². The topological polar surface area (TPSA) is 12.0 Å². The van der Waals surface area contributed by atoms with Crippen LogP contribution in [0.25, 0.3) is 0 Å². The smallest absolute Gasteiger partial charge is 0.000814 e. The van der Waals surface area contributed by atoms with E-state index in [0.29, 0.717) is 0 Å². The first-order valence-corrected chi connectivity index (χ1v) is 6.11. The van der Waals surface area contributed by atoms with Crippen LogP contribution in [-0.2, 0) is 6.42 Å². The Kier molecular flexibility index (Phi) is 3.79. The summed E-state index contributed by atoms with van der Waals surface area (Å²) < 4.78 is 0. The van der Waals surface area contributed by atoms with E-state index >= 15 is 0 Å². The summed E-state index contributed by atoms with van der Waals surface area (Å²) in [7, 11) is 0. The van der Waals surface area contributed by atoms with Crippen molar-refractivity contribution in [3.8, 4) is 0 Å². The van der Waals surface area contributed by atoms with Crippen LogP contribution in [-0.4, -0.2) is 13.1 Å². The van der Waals surface area contributed by atoms with E-state index in [2.05, 4.69) is 36.5 Å². The Bertz CT molecular complexity index is 302. The highest BCUT2D eigenvalue weighted by molar-refractivity contribution is 5.25. The maximum Gasteiger partial charge on any atom is -0.000814 e. The first-order chi connectivity index (χ1) is 7.36. The van der Waals surface area contributed by atoms with Gasteiger partial charge in [0.15, 0.2) is 0 Å². The van der Waals surface area contributed by atoms with Gasteiger partial charge in [-0.3, -0.25) is 0 Å². The zero-order chi connectivity index (χ0) is 10.5. The third-order valence-corrected chi connectivity index (χ3v) is 3.49. The van der Waals surface area contributed by atoms with Gasteiger partial charge in [-0.2, -0.15) is 0 Å². The van der Waals surface area contributed by atoms with Crippen LogP contribution in [0.1, 0.15) is 30.4 Å². The highest BCUT2D eigenvalue weighted by atomic mass is 14.9. The highest BCUT2D eigenvalue weighted by Crippen LogP contribution is 2.25. The van der Waals surface area contributed by atoms with Gasteiger partial charge < -0.3 is 5.32 Å². The number of hydrogen-bond acceptors (Lipinski definition) is 1. The summed E-state index contributed by atoms with van der Waals surface area (Å²) in [4.78, 5) is 0. The third kappa shape index (κ3) is 3.07. The standard InChI is InChI=1S/C14H21N/c1-12-5-2-3-8-14(12)9-10-15-11-13-6-4-7-13/h2-3,5,8,13,15H,4,6-7,9-11H2,1H3. The minimum absolute atomic E-state index is 0.974. The van der Waals surface area contributed by atoms with Crippen LogP contribution in [0.5, 0.6) is 0 Å². The quantitative estimate of drug-likeness (QED) is 0.726. The maximum atomic E-state index is 3.56. The second kappa shape index (κ2) is 5.32. The molecule has 1 fully saturated rings. The lowest BCUT2D eigenvalue weighted by molar-refractivity contribution is 0.302. The second-order valence-corrected chi connectivity index (χ2v) is 4.68. The normalized spacial score (nSPS) is 16.3. The van der Waals surface area contributed by atoms with Gasteiger partial charge in [0, 0.05) is 0 Å². The molecule has 0 radical (unpaired) electrons. The maximum absolute atomic E-state index is 3.56. The molecule has 82 valence electrons. The predicted molar refractivity (Wildman–Crippen MR) is 65.1 cm³/mol. The van der Waals surface area contributed by atoms with Crippen LogP contribution in [0, 0.1) is 12.8 Å². The minimum atomic E-state index is 0.974. The molecule has 0 spiro atoms. The molecular formula is C14H21N. The highest BCUT2D eigenvalue weighted by Gasteiger charge is 2.15. The van der Waals surface area contributed by atoms with Crippen molar-refractivity contribution in [2.45, 2.75) is 32.6 Å². The van der Waals surface area contributed by atoms with Crippen molar-refractivity contribution >= 4 is 0 Å².